The zero-order valence-corrected chi connectivity index (χ0v) is 18.2. The van der Waals surface area contributed by atoms with Crippen LogP contribution in [-0.2, 0) is 11.2 Å². The molecule has 3 aromatic rings. The minimum absolute atomic E-state index is 0.117. The van der Waals surface area contributed by atoms with Crippen LogP contribution >= 0.6 is 0 Å². The molecule has 7 nitrogen and oxygen atoms in total. The minimum Gasteiger partial charge on any atom is -0.372 e. The number of hydrogen-bond donors (Lipinski definition) is 3. The van der Waals surface area contributed by atoms with Gasteiger partial charge in [-0.1, -0.05) is 30.3 Å². The van der Waals surface area contributed by atoms with E-state index in [1.807, 2.05) is 25.2 Å². The van der Waals surface area contributed by atoms with E-state index in [-0.39, 0.29) is 5.91 Å². The van der Waals surface area contributed by atoms with Gasteiger partial charge in [-0.2, -0.15) is 0 Å². The molecule has 1 fully saturated rings. The molecule has 3 N–H and O–H groups in total. The van der Waals surface area contributed by atoms with E-state index >= 15 is 0 Å². The molecule has 1 aliphatic carbocycles. The van der Waals surface area contributed by atoms with Gasteiger partial charge in [0, 0.05) is 38.8 Å². The van der Waals surface area contributed by atoms with Crippen LogP contribution in [0.1, 0.15) is 37.3 Å². The van der Waals surface area contributed by atoms with Crippen LogP contribution in [0.4, 0.5) is 5.82 Å². The number of amides is 1. The van der Waals surface area contributed by atoms with Gasteiger partial charge in [0.05, 0.1) is 5.39 Å². The smallest absolute Gasteiger partial charge is 0.221 e. The number of rotatable bonds is 10. The second kappa shape index (κ2) is 10.4. The summed E-state index contributed by atoms with van der Waals surface area (Å²) in [7, 11) is 1.89. The predicted octanol–water partition coefficient (Wildman–Crippen LogP) is 3.15. The summed E-state index contributed by atoms with van der Waals surface area (Å²) in [5.41, 5.74) is 2.26. The highest BCUT2D eigenvalue weighted by atomic mass is 16.1. The quantitative estimate of drug-likeness (QED) is 0.439. The number of nitrogens with one attached hydrogen (secondary N) is 3. The molecule has 0 spiro atoms. The Morgan fingerprint density at radius 2 is 2.00 bits per heavy atom. The van der Waals surface area contributed by atoms with Gasteiger partial charge >= 0.3 is 0 Å². The molecule has 1 aliphatic rings. The Morgan fingerprint density at radius 1 is 1.13 bits per heavy atom. The maximum atomic E-state index is 12.0. The van der Waals surface area contributed by atoms with E-state index in [1.165, 1.54) is 12.0 Å². The highest BCUT2D eigenvalue weighted by Crippen LogP contribution is 2.36. The predicted molar refractivity (Wildman–Crippen MR) is 124 cm³/mol. The monoisotopic (exact) mass is 420 g/mol. The van der Waals surface area contributed by atoms with Crippen LogP contribution in [0.5, 0.6) is 0 Å². The van der Waals surface area contributed by atoms with Gasteiger partial charge in [-0.3, -0.25) is 4.79 Å². The number of anilines is 1. The van der Waals surface area contributed by atoms with Crippen LogP contribution in [-0.4, -0.2) is 47.1 Å². The first kappa shape index (κ1) is 21.3. The first-order valence-corrected chi connectivity index (χ1v) is 11.2. The zero-order valence-electron chi connectivity index (χ0n) is 18.2. The van der Waals surface area contributed by atoms with Gasteiger partial charge in [0.15, 0.2) is 0 Å². The molecule has 2 heterocycles. The molecule has 0 bridgehead atoms. The first-order valence-electron chi connectivity index (χ1n) is 11.2. The molecule has 0 radical (unpaired) electrons. The standard InChI is InChI=1S/C24H32N6O/c1-25-23-21-11-14-30(24(21)29-17-28-23)20-8-7-19(15-20)16-26-12-10-22(31)27-13-9-18-5-3-2-4-6-18/h2-6,11,14,17,19-20,26H,7-10,12-13,15-16H2,1H3,(H,27,31)(H,25,28,29)/t19-,20-/m0/s1. The molecule has 2 aromatic heterocycles. The summed E-state index contributed by atoms with van der Waals surface area (Å²) < 4.78 is 2.30. The molecular formula is C24H32N6O. The molecular weight excluding hydrogens is 388 g/mol. The van der Waals surface area contributed by atoms with Gasteiger partial charge in [-0.25, -0.2) is 9.97 Å². The summed E-state index contributed by atoms with van der Waals surface area (Å²) in [6.45, 7) is 2.38. The Kier molecular flexibility index (Phi) is 7.14. The molecule has 0 aliphatic heterocycles. The Bertz CT molecular complexity index is 986. The summed E-state index contributed by atoms with van der Waals surface area (Å²) in [4.78, 5) is 20.9. The lowest BCUT2D eigenvalue weighted by atomic mass is 10.1. The van der Waals surface area contributed by atoms with E-state index in [2.05, 4.69) is 54.9 Å². The third kappa shape index (κ3) is 5.41. The summed E-state index contributed by atoms with van der Waals surface area (Å²) >= 11 is 0. The summed E-state index contributed by atoms with van der Waals surface area (Å²) in [6, 6.07) is 12.8. The molecule has 2 atom stereocenters. The fourth-order valence-corrected chi connectivity index (χ4v) is 4.54. The zero-order chi connectivity index (χ0) is 21.5. The Balaban J connectivity index is 1.16. The number of fused-ring (bicyclic) bond motifs is 1. The molecule has 1 amide bonds. The molecule has 164 valence electrons. The Labute approximate surface area is 183 Å². The molecule has 1 saturated carbocycles. The molecule has 0 unspecified atom stereocenters. The second-order valence-electron chi connectivity index (χ2n) is 8.31. The Hall–Kier alpha value is -2.93. The number of carbonyl (C=O) groups is 1. The average Bonchev–Trinajstić information content (AvgIpc) is 3.44. The van der Waals surface area contributed by atoms with Crippen molar-refractivity contribution >= 4 is 22.8 Å². The lowest BCUT2D eigenvalue weighted by Gasteiger charge is -2.15. The molecule has 0 saturated heterocycles. The van der Waals surface area contributed by atoms with Crippen molar-refractivity contribution in [1.82, 2.24) is 25.2 Å². The number of benzene rings is 1. The third-order valence-corrected chi connectivity index (χ3v) is 6.19. The maximum Gasteiger partial charge on any atom is 0.221 e. The Morgan fingerprint density at radius 3 is 2.84 bits per heavy atom. The van der Waals surface area contributed by atoms with Crippen LogP contribution < -0.4 is 16.0 Å². The van der Waals surface area contributed by atoms with Crippen molar-refractivity contribution in [3.8, 4) is 0 Å². The number of hydrogen-bond acceptors (Lipinski definition) is 5. The van der Waals surface area contributed by atoms with Crippen molar-refractivity contribution in [3.63, 3.8) is 0 Å². The lowest BCUT2D eigenvalue weighted by molar-refractivity contribution is -0.120. The topological polar surface area (TPSA) is 83.9 Å². The maximum absolute atomic E-state index is 12.0. The highest BCUT2D eigenvalue weighted by Gasteiger charge is 2.27. The van der Waals surface area contributed by atoms with Crippen LogP contribution in [0.25, 0.3) is 11.0 Å². The number of aromatic nitrogens is 3. The summed E-state index contributed by atoms with van der Waals surface area (Å²) in [5, 5.41) is 10.7. The normalized spacial score (nSPS) is 18.4. The largest absolute Gasteiger partial charge is 0.372 e. The van der Waals surface area contributed by atoms with E-state index in [1.54, 1.807) is 6.33 Å². The van der Waals surface area contributed by atoms with Crippen molar-refractivity contribution in [2.24, 2.45) is 5.92 Å². The van der Waals surface area contributed by atoms with Gasteiger partial charge in [0.1, 0.15) is 17.8 Å². The summed E-state index contributed by atoms with van der Waals surface area (Å²) in [5.74, 6) is 1.63. The van der Waals surface area contributed by atoms with E-state index in [4.69, 9.17) is 0 Å². The van der Waals surface area contributed by atoms with Gasteiger partial charge in [0.25, 0.3) is 0 Å². The van der Waals surface area contributed by atoms with Crippen LogP contribution in [0.2, 0.25) is 0 Å². The van der Waals surface area contributed by atoms with Gasteiger partial charge in [-0.05, 0) is 49.8 Å². The second-order valence-corrected chi connectivity index (χ2v) is 8.31. The van der Waals surface area contributed by atoms with Crippen molar-refractivity contribution in [2.75, 3.05) is 32.0 Å². The van der Waals surface area contributed by atoms with Gasteiger partial charge in [-0.15, -0.1) is 0 Å². The van der Waals surface area contributed by atoms with Crippen molar-refractivity contribution in [2.45, 2.75) is 38.1 Å². The fourth-order valence-electron chi connectivity index (χ4n) is 4.54. The number of carbonyl (C=O) groups excluding carboxylic acids is 1. The van der Waals surface area contributed by atoms with Crippen LogP contribution in [0.15, 0.2) is 48.9 Å². The van der Waals surface area contributed by atoms with Gasteiger partial charge < -0.3 is 20.5 Å². The van der Waals surface area contributed by atoms with Crippen molar-refractivity contribution < 1.29 is 4.79 Å². The van der Waals surface area contributed by atoms with E-state index in [0.29, 0.717) is 24.9 Å². The third-order valence-electron chi connectivity index (χ3n) is 6.19. The van der Waals surface area contributed by atoms with Crippen LogP contribution in [0, 0.1) is 5.92 Å². The minimum atomic E-state index is 0.117. The van der Waals surface area contributed by atoms with Crippen molar-refractivity contribution in [1.29, 1.82) is 0 Å². The highest BCUT2D eigenvalue weighted by molar-refractivity contribution is 5.87. The fraction of sp³-hybridized carbons (Fsp3) is 0.458. The van der Waals surface area contributed by atoms with E-state index in [0.717, 1.165) is 49.2 Å². The molecule has 7 heteroatoms. The summed E-state index contributed by atoms with van der Waals surface area (Å²) in [6.07, 6.45) is 8.66. The van der Waals surface area contributed by atoms with E-state index in [9.17, 15) is 4.79 Å². The lowest BCUT2D eigenvalue weighted by Crippen LogP contribution is -2.30. The molecule has 4 rings (SSSR count). The molecule has 1 aromatic carbocycles. The average molecular weight is 421 g/mol. The SMILES string of the molecule is CNc1ncnc2c1ccn2[C@H]1CC[C@H](CNCCC(=O)NCCc2ccccc2)C1. The first-order chi connectivity index (χ1) is 15.2. The van der Waals surface area contributed by atoms with Crippen molar-refractivity contribution in [3.05, 3.63) is 54.5 Å². The van der Waals surface area contributed by atoms with E-state index < -0.39 is 0 Å². The van der Waals surface area contributed by atoms with Crippen LogP contribution in [0.3, 0.4) is 0 Å². The molecule has 31 heavy (non-hydrogen) atoms. The number of nitrogens with zero attached hydrogens (tertiary/aromatic N) is 3. The van der Waals surface area contributed by atoms with Gasteiger partial charge in [0.2, 0.25) is 5.91 Å².